The Labute approximate surface area is 217 Å². The van der Waals surface area contributed by atoms with E-state index in [1.807, 2.05) is 65.6 Å². The lowest BCUT2D eigenvalue weighted by Crippen LogP contribution is -2.46. The Hall–Kier alpha value is -2.16. The molecule has 0 N–H and O–H groups in total. The van der Waals surface area contributed by atoms with Crippen molar-refractivity contribution < 1.29 is 9.53 Å². The van der Waals surface area contributed by atoms with Crippen molar-refractivity contribution in [2.75, 3.05) is 16.9 Å². The van der Waals surface area contributed by atoms with Crippen LogP contribution >= 0.6 is 47.8 Å². The second kappa shape index (κ2) is 8.89. The molecule has 1 heterocycles. The van der Waals surface area contributed by atoms with E-state index in [1.54, 1.807) is 0 Å². The Kier molecular flexibility index (Phi) is 6.09. The van der Waals surface area contributed by atoms with E-state index in [4.69, 9.17) is 9.73 Å². The molecular formula is C25H20Br3N3O2. The lowest BCUT2D eigenvalue weighted by Gasteiger charge is -2.26. The largest absolute Gasteiger partial charge is 0.467 e. The van der Waals surface area contributed by atoms with Crippen molar-refractivity contribution in [2.24, 2.45) is 4.99 Å². The molecule has 2 aliphatic rings. The third-order valence-corrected chi connectivity index (χ3v) is 7.65. The molecule has 0 aromatic heterocycles. The highest BCUT2D eigenvalue weighted by molar-refractivity contribution is 9.11. The molecule has 3 aromatic carbocycles. The number of ether oxygens (including phenoxy) is 1. The molecule has 5 rings (SSSR count). The molecule has 1 aliphatic heterocycles. The van der Waals surface area contributed by atoms with Gasteiger partial charge in [-0.3, -0.25) is 4.90 Å². The van der Waals surface area contributed by atoms with Crippen LogP contribution in [-0.2, 0) is 9.53 Å². The van der Waals surface area contributed by atoms with Crippen molar-refractivity contribution in [2.45, 2.75) is 24.4 Å². The first-order valence-corrected chi connectivity index (χ1v) is 12.8. The minimum atomic E-state index is -0.512. The molecule has 3 aromatic rings. The molecule has 5 nitrogen and oxygen atoms in total. The van der Waals surface area contributed by atoms with Crippen LogP contribution in [-0.4, -0.2) is 30.6 Å². The summed E-state index contributed by atoms with van der Waals surface area (Å²) in [5.41, 5.74) is 2.26. The molecule has 1 spiro atoms. The fourth-order valence-electron chi connectivity index (χ4n) is 4.41. The fourth-order valence-corrected chi connectivity index (χ4v) is 5.20. The zero-order valence-electron chi connectivity index (χ0n) is 17.7. The Morgan fingerprint density at radius 2 is 1.33 bits per heavy atom. The fraction of sp³-hybridized carbons (Fsp3) is 0.200. The molecule has 0 radical (unpaired) electrons. The van der Waals surface area contributed by atoms with Crippen LogP contribution in [0.5, 0.6) is 0 Å². The summed E-state index contributed by atoms with van der Waals surface area (Å²) >= 11 is 10.5. The summed E-state index contributed by atoms with van der Waals surface area (Å²) in [6, 6.07) is 23.4. The number of benzene rings is 3. The van der Waals surface area contributed by atoms with Gasteiger partial charge in [0.05, 0.1) is 18.3 Å². The van der Waals surface area contributed by atoms with E-state index in [1.165, 1.54) is 7.11 Å². The summed E-state index contributed by atoms with van der Waals surface area (Å²) in [4.78, 5) is 22.5. The Morgan fingerprint density at radius 1 is 0.848 bits per heavy atom. The number of esters is 1. The van der Waals surface area contributed by atoms with Crippen LogP contribution in [0.2, 0.25) is 0 Å². The molecule has 1 saturated heterocycles. The molecule has 1 aliphatic carbocycles. The minimum absolute atomic E-state index is 0.265. The average molecular weight is 634 g/mol. The third kappa shape index (κ3) is 4.13. The van der Waals surface area contributed by atoms with Gasteiger partial charge in [0.1, 0.15) is 0 Å². The van der Waals surface area contributed by atoms with E-state index in [-0.39, 0.29) is 5.97 Å². The van der Waals surface area contributed by atoms with Gasteiger partial charge in [-0.25, -0.2) is 9.79 Å². The molecule has 33 heavy (non-hydrogen) atoms. The number of hydrogen-bond donors (Lipinski definition) is 0. The first-order chi connectivity index (χ1) is 15.9. The van der Waals surface area contributed by atoms with Crippen molar-refractivity contribution in [1.82, 2.24) is 0 Å². The van der Waals surface area contributed by atoms with Gasteiger partial charge in [-0.15, -0.1) is 0 Å². The number of rotatable bonds is 4. The van der Waals surface area contributed by atoms with E-state index in [9.17, 15) is 4.79 Å². The second-order valence-corrected chi connectivity index (χ2v) is 10.8. The maximum atomic E-state index is 13.2. The summed E-state index contributed by atoms with van der Waals surface area (Å²) in [6.07, 6.45) is 1.74. The average Bonchev–Trinajstić information content (AvgIpc) is 3.55. The van der Waals surface area contributed by atoms with Gasteiger partial charge in [-0.2, -0.15) is 0 Å². The smallest absolute Gasteiger partial charge is 0.331 e. The summed E-state index contributed by atoms with van der Waals surface area (Å²) < 4.78 is 8.27. The van der Waals surface area contributed by atoms with Gasteiger partial charge >= 0.3 is 5.97 Å². The second-order valence-electron chi connectivity index (χ2n) is 8.08. The number of carbonyl (C=O) groups excluding carboxylic acids is 1. The van der Waals surface area contributed by atoms with Gasteiger partial charge < -0.3 is 9.64 Å². The lowest BCUT2D eigenvalue weighted by atomic mass is 10.0. The Morgan fingerprint density at radius 3 is 1.82 bits per heavy atom. The van der Waals surface area contributed by atoms with E-state index < -0.39 is 11.6 Å². The van der Waals surface area contributed by atoms with Crippen molar-refractivity contribution in [3.05, 3.63) is 86.2 Å². The highest BCUT2D eigenvalue weighted by Gasteiger charge is 2.67. The highest BCUT2D eigenvalue weighted by Crippen LogP contribution is 2.54. The van der Waals surface area contributed by atoms with E-state index in [0.29, 0.717) is 5.96 Å². The maximum absolute atomic E-state index is 13.2. The van der Waals surface area contributed by atoms with Crippen LogP contribution < -0.4 is 9.80 Å². The normalized spacial score (nSPS) is 19.9. The Bertz CT molecular complexity index is 1210. The van der Waals surface area contributed by atoms with Crippen LogP contribution in [0.25, 0.3) is 0 Å². The number of guanidine groups is 1. The molecule has 0 amide bonds. The number of halogens is 3. The zero-order chi connectivity index (χ0) is 23.2. The minimum Gasteiger partial charge on any atom is -0.467 e. The molecule has 0 unspecified atom stereocenters. The topological polar surface area (TPSA) is 45.1 Å². The number of hydrogen-bond acceptors (Lipinski definition) is 3. The summed E-state index contributed by atoms with van der Waals surface area (Å²) in [5.74, 6) is 0.438. The number of nitrogens with zero attached hydrogens (tertiary/aromatic N) is 3. The van der Waals surface area contributed by atoms with Gasteiger partial charge in [0, 0.05) is 24.8 Å². The van der Waals surface area contributed by atoms with Gasteiger partial charge in [-0.05, 0) is 85.6 Å². The molecule has 2 fully saturated rings. The predicted molar refractivity (Wildman–Crippen MR) is 142 cm³/mol. The summed E-state index contributed by atoms with van der Waals surface area (Å²) in [6.45, 7) is 0. The number of methoxy groups -OCH3 is 1. The van der Waals surface area contributed by atoms with Crippen LogP contribution in [0.1, 0.15) is 12.8 Å². The monoisotopic (exact) mass is 631 g/mol. The Balaban J connectivity index is 1.74. The summed E-state index contributed by atoms with van der Waals surface area (Å²) in [5, 5.41) is 0. The molecule has 0 bridgehead atoms. The molecule has 8 heteroatoms. The molecule has 168 valence electrons. The number of anilines is 2. The van der Waals surface area contributed by atoms with Crippen molar-refractivity contribution in [1.29, 1.82) is 0 Å². The number of aliphatic imine (C=N–C) groups is 1. The predicted octanol–water partition coefficient (Wildman–Crippen LogP) is 7.06. The van der Waals surface area contributed by atoms with Gasteiger partial charge in [0.15, 0.2) is 6.04 Å². The maximum Gasteiger partial charge on any atom is 0.331 e. The quantitative estimate of drug-likeness (QED) is 0.289. The molecule has 1 saturated carbocycles. The molecular weight excluding hydrogens is 614 g/mol. The standard InChI is InChI=1S/C25H20Br3N3O2/c1-33-23(32)22-25(14-15-25)31(21-12-6-18(28)7-13-21)24(29-19-8-2-16(26)3-9-19)30(22)20-10-4-17(27)5-11-20/h2-13,22H,14-15H2,1H3/t22-/m0/s1. The van der Waals surface area contributed by atoms with Crippen molar-refractivity contribution >= 4 is 76.8 Å². The van der Waals surface area contributed by atoms with E-state index in [0.717, 1.165) is 43.3 Å². The van der Waals surface area contributed by atoms with E-state index >= 15 is 0 Å². The van der Waals surface area contributed by atoms with Gasteiger partial charge in [-0.1, -0.05) is 47.8 Å². The van der Waals surface area contributed by atoms with Crippen molar-refractivity contribution in [3.63, 3.8) is 0 Å². The van der Waals surface area contributed by atoms with E-state index in [2.05, 4.69) is 64.8 Å². The van der Waals surface area contributed by atoms with Crippen LogP contribution in [0.4, 0.5) is 17.1 Å². The first kappa shape index (κ1) is 22.6. The van der Waals surface area contributed by atoms with Crippen LogP contribution in [0.3, 0.4) is 0 Å². The summed E-state index contributed by atoms with van der Waals surface area (Å²) in [7, 11) is 1.45. The SMILES string of the molecule is COC(=O)[C@@H]1N(c2ccc(Br)cc2)C(=Nc2ccc(Br)cc2)N(c2ccc(Br)cc2)C12CC2. The number of carbonyl (C=O) groups is 1. The zero-order valence-corrected chi connectivity index (χ0v) is 22.5. The van der Waals surface area contributed by atoms with Gasteiger partial charge in [0.2, 0.25) is 5.96 Å². The highest BCUT2D eigenvalue weighted by atomic mass is 79.9. The first-order valence-electron chi connectivity index (χ1n) is 10.5. The van der Waals surface area contributed by atoms with Crippen LogP contribution in [0.15, 0.2) is 91.2 Å². The molecule has 1 atom stereocenters. The third-order valence-electron chi connectivity index (χ3n) is 6.06. The van der Waals surface area contributed by atoms with Crippen molar-refractivity contribution in [3.8, 4) is 0 Å². The van der Waals surface area contributed by atoms with Crippen LogP contribution in [0, 0.1) is 0 Å². The van der Waals surface area contributed by atoms with Gasteiger partial charge in [0.25, 0.3) is 0 Å². The lowest BCUT2D eigenvalue weighted by molar-refractivity contribution is -0.142.